The number of ether oxygens (including phenoxy) is 1. The SMILES string of the molecule is COCc1csc(NC(=O)NCCc2ccncc2C)n1. The zero-order valence-corrected chi connectivity index (χ0v) is 12.9. The molecule has 2 aromatic rings. The van der Waals surface area contributed by atoms with Crippen molar-refractivity contribution in [2.45, 2.75) is 20.0 Å². The number of amides is 2. The van der Waals surface area contributed by atoms with Gasteiger partial charge in [-0.25, -0.2) is 9.78 Å². The van der Waals surface area contributed by atoms with Crippen LogP contribution in [0.3, 0.4) is 0 Å². The molecule has 0 aliphatic heterocycles. The molecule has 0 spiro atoms. The van der Waals surface area contributed by atoms with E-state index in [9.17, 15) is 4.79 Å². The Morgan fingerprint density at radius 2 is 2.33 bits per heavy atom. The van der Waals surface area contributed by atoms with E-state index in [-0.39, 0.29) is 6.03 Å². The molecule has 0 aliphatic carbocycles. The first-order valence-corrected chi connectivity index (χ1v) is 7.44. The maximum atomic E-state index is 11.8. The normalized spacial score (nSPS) is 10.4. The molecule has 2 amide bonds. The first-order chi connectivity index (χ1) is 10.2. The minimum Gasteiger partial charge on any atom is -0.378 e. The summed E-state index contributed by atoms with van der Waals surface area (Å²) in [5.41, 5.74) is 3.12. The van der Waals surface area contributed by atoms with Gasteiger partial charge in [0.15, 0.2) is 5.13 Å². The van der Waals surface area contributed by atoms with Gasteiger partial charge in [-0.15, -0.1) is 11.3 Å². The van der Waals surface area contributed by atoms with Crippen LogP contribution in [0.1, 0.15) is 16.8 Å². The van der Waals surface area contributed by atoms with Crippen LogP contribution in [0.2, 0.25) is 0 Å². The lowest BCUT2D eigenvalue weighted by atomic mass is 10.1. The zero-order valence-electron chi connectivity index (χ0n) is 12.0. The molecule has 0 aliphatic rings. The van der Waals surface area contributed by atoms with Gasteiger partial charge in [-0.2, -0.15) is 0 Å². The molecule has 2 N–H and O–H groups in total. The number of hydrogen-bond acceptors (Lipinski definition) is 5. The van der Waals surface area contributed by atoms with Crippen molar-refractivity contribution in [2.24, 2.45) is 0 Å². The summed E-state index contributed by atoms with van der Waals surface area (Å²) in [5, 5.41) is 7.95. The van der Waals surface area contributed by atoms with Gasteiger partial charge in [0.25, 0.3) is 0 Å². The highest BCUT2D eigenvalue weighted by Crippen LogP contribution is 2.15. The van der Waals surface area contributed by atoms with Gasteiger partial charge in [0.05, 0.1) is 12.3 Å². The molecule has 0 radical (unpaired) electrons. The van der Waals surface area contributed by atoms with Crippen LogP contribution in [0, 0.1) is 6.92 Å². The van der Waals surface area contributed by atoms with Crippen molar-refractivity contribution in [1.29, 1.82) is 0 Å². The minimum atomic E-state index is -0.250. The number of aromatic nitrogens is 2. The van der Waals surface area contributed by atoms with Crippen LogP contribution in [0.25, 0.3) is 0 Å². The fourth-order valence-corrected chi connectivity index (χ4v) is 2.50. The highest BCUT2D eigenvalue weighted by molar-refractivity contribution is 7.13. The van der Waals surface area contributed by atoms with Crippen molar-refractivity contribution in [3.8, 4) is 0 Å². The predicted octanol–water partition coefficient (Wildman–Crippen LogP) is 2.36. The van der Waals surface area contributed by atoms with Crippen LogP contribution in [-0.2, 0) is 17.8 Å². The maximum absolute atomic E-state index is 11.8. The number of thiazole rings is 1. The lowest BCUT2D eigenvalue weighted by molar-refractivity contribution is 0.182. The van der Waals surface area contributed by atoms with Crippen LogP contribution in [0.5, 0.6) is 0 Å². The Hall–Kier alpha value is -1.99. The quantitative estimate of drug-likeness (QED) is 0.859. The number of pyridine rings is 1. The summed E-state index contributed by atoms with van der Waals surface area (Å²) in [6.45, 7) is 3.02. The minimum absolute atomic E-state index is 0.250. The summed E-state index contributed by atoms with van der Waals surface area (Å²) in [4.78, 5) is 20.0. The average Bonchev–Trinajstić information content (AvgIpc) is 2.88. The van der Waals surface area contributed by atoms with Crippen molar-refractivity contribution < 1.29 is 9.53 Å². The summed E-state index contributed by atoms with van der Waals surface area (Å²) in [6, 6.07) is 1.72. The van der Waals surface area contributed by atoms with Gasteiger partial charge in [-0.05, 0) is 30.5 Å². The standard InChI is InChI=1S/C14H18N4O2S/c1-10-7-15-5-3-11(10)4-6-16-13(19)18-14-17-12(8-20-2)9-21-14/h3,5,7,9H,4,6,8H2,1-2H3,(H2,16,17,18,19). The van der Waals surface area contributed by atoms with E-state index in [0.29, 0.717) is 18.3 Å². The Bertz CT molecular complexity index is 600. The van der Waals surface area contributed by atoms with Gasteiger partial charge in [-0.3, -0.25) is 10.3 Å². The Kier molecular flexibility index (Phi) is 5.65. The van der Waals surface area contributed by atoms with E-state index in [2.05, 4.69) is 20.6 Å². The molecular formula is C14H18N4O2S. The summed E-state index contributed by atoms with van der Waals surface area (Å²) in [6.07, 6.45) is 4.35. The lowest BCUT2D eigenvalue weighted by Crippen LogP contribution is -2.30. The second-order valence-corrected chi connectivity index (χ2v) is 5.37. The molecule has 0 aromatic carbocycles. The second kappa shape index (κ2) is 7.70. The third-order valence-corrected chi connectivity index (χ3v) is 3.69. The fourth-order valence-electron chi connectivity index (χ4n) is 1.81. The number of urea groups is 1. The molecule has 2 heterocycles. The molecule has 0 atom stereocenters. The average molecular weight is 306 g/mol. The van der Waals surface area contributed by atoms with E-state index < -0.39 is 0 Å². The number of carbonyl (C=O) groups excluding carboxylic acids is 1. The number of aryl methyl sites for hydroxylation is 1. The van der Waals surface area contributed by atoms with E-state index in [1.165, 1.54) is 16.9 Å². The first kappa shape index (κ1) is 15.4. The van der Waals surface area contributed by atoms with E-state index >= 15 is 0 Å². The van der Waals surface area contributed by atoms with Gasteiger partial charge < -0.3 is 10.1 Å². The monoisotopic (exact) mass is 306 g/mol. The van der Waals surface area contributed by atoms with Crippen molar-refractivity contribution in [3.63, 3.8) is 0 Å². The number of nitrogens with one attached hydrogen (secondary N) is 2. The second-order valence-electron chi connectivity index (χ2n) is 4.51. The molecule has 6 nitrogen and oxygen atoms in total. The molecule has 0 saturated carbocycles. The van der Waals surface area contributed by atoms with Gasteiger partial charge in [-0.1, -0.05) is 0 Å². The number of hydrogen-bond donors (Lipinski definition) is 2. The first-order valence-electron chi connectivity index (χ1n) is 6.56. The highest BCUT2D eigenvalue weighted by atomic mass is 32.1. The Labute approximate surface area is 127 Å². The summed E-state index contributed by atoms with van der Waals surface area (Å²) >= 11 is 1.38. The smallest absolute Gasteiger partial charge is 0.321 e. The molecular weight excluding hydrogens is 288 g/mol. The van der Waals surface area contributed by atoms with Gasteiger partial charge in [0.1, 0.15) is 0 Å². The van der Waals surface area contributed by atoms with Crippen molar-refractivity contribution >= 4 is 22.5 Å². The van der Waals surface area contributed by atoms with Gasteiger partial charge in [0.2, 0.25) is 0 Å². The summed E-state index contributed by atoms with van der Waals surface area (Å²) < 4.78 is 4.98. The Balaban J connectivity index is 1.75. The molecule has 2 aromatic heterocycles. The van der Waals surface area contributed by atoms with Crippen LogP contribution in [0.4, 0.5) is 9.93 Å². The number of methoxy groups -OCH3 is 1. The fraction of sp³-hybridized carbons (Fsp3) is 0.357. The molecule has 21 heavy (non-hydrogen) atoms. The maximum Gasteiger partial charge on any atom is 0.321 e. The molecule has 0 unspecified atom stereocenters. The van der Waals surface area contributed by atoms with E-state index in [1.54, 1.807) is 13.3 Å². The third kappa shape index (κ3) is 4.80. The van der Waals surface area contributed by atoms with E-state index in [0.717, 1.165) is 17.7 Å². The van der Waals surface area contributed by atoms with Crippen molar-refractivity contribution in [1.82, 2.24) is 15.3 Å². The topological polar surface area (TPSA) is 76.1 Å². The van der Waals surface area contributed by atoms with Crippen LogP contribution in [0.15, 0.2) is 23.8 Å². The molecule has 2 rings (SSSR count). The number of carbonyl (C=O) groups is 1. The van der Waals surface area contributed by atoms with Crippen molar-refractivity contribution in [3.05, 3.63) is 40.7 Å². The molecule has 112 valence electrons. The number of anilines is 1. The highest BCUT2D eigenvalue weighted by Gasteiger charge is 2.06. The summed E-state index contributed by atoms with van der Waals surface area (Å²) in [5.74, 6) is 0. The van der Waals surface area contributed by atoms with Gasteiger partial charge >= 0.3 is 6.03 Å². The van der Waals surface area contributed by atoms with Crippen LogP contribution in [-0.4, -0.2) is 29.7 Å². The van der Waals surface area contributed by atoms with Crippen LogP contribution < -0.4 is 10.6 Å². The Morgan fingerprint density at radius 3 is 3.10 bits per heavy atom. The molecule has 0 fully saturated rings. The Morgan fingerprint density at radius 1 is 1.48 bits per heavy atom. The summed E-state index contributed by atoms with van der Waals surface area (Å²) in [7, 11) is 1.61. The number of nitrogens with zero attached hydrogens (tertiary/aromatic N) is 2. The van der Waals surface area contributed by atoms with E-state index in [4.69, 9.17) is 4.74 Å². The molecule has 0 bridgehead atoms. The predicted molar refractivity (Wildman–Crippen MR) is 82.5 cm³/mol. The van der Waals surface area contributed by atoms with E-state index in [1.807, 2.05) is 24.6 Å². The molecule has 0 saturated heterocycles. The van der Waals surface area contributed by atoms with Crippen molar-refractivity contribution in [2.75, 3.05) is 19.0 Å². The third-order valence-electron chi connectivity index (χ3n) is 2.88. The lowest BCUT2D eigenvalue weighted by Gasteiger charge is -2.07. The molecule has 7 heteroatoms. The zero-order chi connectivity index (χ0) is 15.1. The van der Waals surface area contributed by atoms with Crippen LogP contribution >= 0.6 is 11.3 Å². The van der Waals surface area contributed by atoms with Gasteiger partial charge in [0, 0.05) is 31.4 Å². The number of rotatable bonds is 6. The largest absolute Gasteiger partial charge is 0.378 e.